The van der Waals surface area contributed by atoms with Gasteiger partial charge in [0.05, 0.1) is 11.9 Å². The molecule has 0 amide bonds. The SMILES string of the molecule is Cc1c(S(=O)(=O)N[C@@H](C(=O)O)C(C)C)cnn1-c1ccccn1. The Bertz CT molecular complexity index is 799. The number of carbonyl (C=O) groups is 1. The molecular formula is C14H18N4O4S. The van der Waals surface area contributed by atoms with Crippen molar-refractivity contribution in [2.75, 3.05) is 0 Å². The number of aliphatic carboxylic acids is 1. The second kappa shape index (κ2) is 6.47. The molecule has 0 radical (unpaired) electrons. The van der Waals surface area contributed by atoms with E-state index >= 15 is 0 Å². The van der Waals surface area contributed by atoms with Gasteiger partial charge in [-0.2, -0.15) is 9.82 Å². The summed E-state index contributed by atoms with van der Waals surface area (Å²) in [6, 6.07) is 3.98. The molecule has 124 valence electrons. The van der Waals surface area contributed by atoms with E-state index in [1.54, 1.807) is 45.2 Å². The molecule has 0 spiro atoms. The van der Waals surface area contributed by atoms with E-state index in [4.69, 9.17) is 5.11 Å². The van der Waals surface area contributed by atoms with E-state index in [0.29, 0.717) is 11.5 Å². The van der Waals surface area contributed by atoms with E-state index in [-0.39, 0.29) is 4.90 Å². The molecule has 0 aliphatic rings. The Labute approximate surface area is 134 Å². The van der Waals surface area contributed by atoms with Crippen LogP contribution in [0.4, 0.5) is 0 Å². The smallest absolute Gasteiger partial charge is 0.322 e. The molecule has 2 aromatic rings. The lowest BCUT2D eigenvalue weighted by molar-refractivity contribution is -0.140. The van der Waals surface area contributed by atoms with Gasteiger partial charge in [0.2, 0.25) is 10.0 Å². The van der Waals surface area contributed by atoms with Crippen molar-refractivity contribution in [1.82, 2.24) is 19.5 Å². The number of rotatable bonds is 6. The number of nitrogens with zero attached hydrogens (tertiary/aromatic N) is 3. The Morgan fingerprint density at radius 1 is 1.35 bits per heavy atom. The van der Waals surface area contributed by atoms with Crippen LogP contribution in [0, 0.1) is 12.8 Å². The highest BCUT2D eigenvalue weighted by Gasteiger charge is 2.30. The van der Waals surface area contributed by atoms with Crippen LogP contribution in [0.1, 0.15) is 19.5 Å². The lowest BCUT2D eigenvalue weighted by atomic mass is 10.1. The van der Waals surface area contributed by atoms with Crippen LogP contribution in [0.5, 0.6) is 0 Å². The average molecular weight is 338 g/mol. The predicted molar refractivity (Wildman–Crippen MR) is 82.7 cm³/mol. The fourth-order valence-corrected chi connectivity index (χ4v) is 3.57. The molecule has 2 aromatic heterocycles. The summed E-state index contributed by atoms with van der Waals surface area (Å²) in [6.07, 6.45) is 2.76. The van der Waals surface area contributed by atoms with Gasteiger partial charge < -0.3 is 5.11 Å². The number of carboxylic acid groups (broad SMARTS) is 1. The maximum Gasteiger partial charge on any atom is 0.322 e. The first-order chi connectivity index (χ1) is 10.7. The molecule has 0 aliphatic heterocycles. The molecule has 9 heteroatoms. The summed E-state index contributed by atoms with van der Waals surface area (Å²) in [4.78, 5) is 15.2. The van der Waals surface area contributed by atoms with E-state index in [9.17, 15) is 13.2 Å². The summed E-state index contributed by atoms with van der Waals surface area (Å²) in [6.45, 7) is 4.85. The molecule has 2 rings (SSSR count). The maximum absolute atomic E-state index is 12.5. The third-order valence-corrected chi connectivity index (χ3v) is 4.88. The highest BCUT2D eigenvalue weighted by Crippen LogP contribution is 2.18. The second-order valence-electron chi connectivity index (χ2n) is 5.38. The fourth-order valence-electron chi connectivity index (χ4n) is 2.07. The quantitative estimate of drug-likeness (QED) is 0.811. The van der Waals surface area contributed by atoms with Crippen LogP contribution in [0.25, 0.3) is 5.82 Å². The first kappa shape index (κ1) is 17.1. The summed E-state index contributed by atoms with van der Waals surface area (Å²) in [5.74, 6) is -1.14. The highest BCUT2D eigenvalue weighted by molar-refractivity contribution is 7.89. The van der Waals surface area contributed by atoms with E-state index < -0.39 is 28.0 Å². The number of hydrogen-bond donors (Lipinski definition) is 2. The maximum atomic E-state index is 12.5. The minimum absolute atomic E-state index is 0.0740. The number of pyridine rings is 1. The monoisotopic (exact) mass is 338 g/mol. The molecule has 2 heterocycles. The standard InChI is InChI=1S/C14H18N4O4S/c1-9(2)13(14(19)20)17-23(21,22)11-8-16-18(10(11)3)12-6-4-5-7-15-12/h4-9,13,17H,1-3H3,(H,19,20)/t13-/m1/s1. The van der Waals surface area contributed by atoms with E-state index in [0.717, 1.165) is 0 Å². The van der Waals surface area contributed by atoms with Gasteiger partial charge in [-0.1, -0.05) is 19.9 Å². The van der Waals surface area contributed by atoms with E-state index in [1.165, 1.54) is 10.9 Å². The Kier molecular flexibility index (Phi) is 4.81. The van der Waals surface area contributed by atoms with Gasteiger partial charge in [0.15, 0.2) is 5.82 Å². The van der Waals surface area contributed by atoms with Crippen molar-refractivity contribution in [3.63, 3.8) is 0 Å². The van der Waals surface area contributed by atoms with Crippen molar-refractivity contribution in [1.29, 1.82) is 0 Å². The van der Waals surface area contributed by atoms with Gasteiger partial charge >= 0.3 is 5.97 Å². The van der Waals surface area contributed by atoms with Gasteiger partial charge in [0.1, 0.15) is 10.9 Å². The van der Waals surface area contributed by atoms with Crippen LogP contribution in [0.15, 0.2) is 35.5 Å². The van der Waals surface area contributed by atoms with Gasteiger partial charge in [0, 0.05) is 6.20 Å². The highest BCUT2D eigenvalue weighted by atomic mass is 32.2. The summed E-state index contributed by atoms with van der Waals surface area (Å²) in [5, 5.41) is 13.2. The third kappa shape index (κ3) is 3.57. The Morgan fingerprint density at radius 2 is 2.04 bits per heavy atom. The average Bonchev–Trinajstić information content (AvgIpc) is 2.88. The summed E-state index contributed by atoms with van der Waals surface area (Å²) < 4.78 is 28.5. The minimum Gasteiger partial charge on any atom is -0.480 e. The molecule has 2 N–H and O–H groups in total. The number of hydrogen-bond acceptors (Lipinski definition) is 5. The van der Waals surface area contributed by atoms with Crippen molar-refractivity contribution < 1.29 is 18.3 Å². The largest absolute Gasteiger partial charge is 0.480 e. The van der Waals surface area contributed by atoms with Gasteiger partial charge in [-0.05, 0) is 25.0 Å². The molecule has 0 saturated heterocycles. The molecule has 0 bridgehead atoms. The zero-order chi connectivity index (χ0) is 17.2. The summed E-state index contributed by atoms with van der Waals surface area (Å²) in [7, 11) is -4.01. The van der Waals surface area contributed by atoms with E-state index in [1.807, 2.05) is 0 Å². The Morgan fingerprint density at radius 3 is 2.57 bits per heavy atom. The zero-order valence-corrected chi connectivity index (χ0v) is 13.8. The summed E-state index contributed by atoms with van der Waals surface area (Å²) >= 11 is 0. The van der Waals surface area contributed by atoms with Crippen LogP contribution >= 0.6 is 0 Å². The van der Waals surface area contributed by atoms with Crippen molar-refractivity contribution in [2.24, 2.45) is 5.92 Å². The second-order valence-corrected chi connectivity index (χ2v) is 7.06. The van der Waals surface area contributed by atoms with Crippen molar-refractivity contribution in [2.45, 2.75) is 31.7 Å². The van der Waals surface area contributed by atoms with Gasteiger partial charge in [0.25, 0.3) is 0 Å². The van der Waals surface area contributed by atoms with Gasteiger partial charge in [-0.25, -0.2) is 18.1 Å². The Balaban J connectivity index is 2.39. The minimum atomic E-state index is -4.01. The van der Waals surface area contributed by atoms with Crippen LogP contribution in [-0.4, -0.2) is 40.3 Å². The van der Waals surface area contributed by atoms with Crippen LogP contribution < -0.4 is 4.72 Å². The molecule has 0 fully saturated rings. The topological polar surface area (TPSA) is 114 Å². The first-order valence-corrected chi connectivity index (χ1v) is 8.43. The number of aromatic nitrogens is 3. The molecule has 0 aliphatic carbocycles. The molecule has 8 nitrogen and oxygen atoms in total. The Hall–Kier alpha value is -2.26. The van der Waals surface area contributed by atoms with Crippen molar-refractivity contribution in [3.05, 3.63) is 36.3 Å². The summed E-state index contributed by atoms with van der Waals surface area (Å²) in [5.41, 5.74) is 0.351. The first-order valence-electron chi connectivity index (χ1n) is 6.95. The molecule has 1 atom stereocenters. The fraction of sp³-hybridized carbons (Fsp3) is 0.357. The molecule has 23 heavy (non-hydrogen) atoms. The van der Waals surface area contributed by atoms with Crippen LogP contribution in [0.2, 0.25) is 0 Å². The normalized spacial score (nSPS) is 13.2. The van der Waals surface area contributed by atoms with E-state index in [2.05, 4.69) is 14.8 Å². The molecular weight excluding hydrogens is 320 g/mol. The number of sulfonamides is 1. The number of carboxylic acids is 1. The molecule has 0 unspecified atom stereocenters. The van der Waals surface area contributed by atoms with Gasteiger partial charge in [-0.3, -0.25) is 4.79 Å². The third-order valence-electron chi connectivity index (χ3n) is 3.34. The molecule has 0 saturated carbocycles. The zero-order valence-electron chi connectivity index (χ0n) is 13.0. The van der Waals surface area contributed by atoms with Gasteiger partial charge in [-0.15, -0.1) is 0 Å². The molecule has 0 aromatic carbocycles. The van der Waals surface area contributed by atoms with Crippen molar-refractivity contribution in [3.8, 4) is 5.82 Å². The van der Waals surface area contributed by atoms with Crippen molar-refractivity contribution >= 4 is 16.0 Å². The number of nitrogens with one attached hydrogen (secondary N) is 1. The predicted octanol–water partition coefficient (Wildman–Crippen LogP) is 0.963. The van der Waals surface area contributed by atoms with Crippen LogP contribution in [0.3, 0.4) is 0 Å². The lowest BCUT2D eigenvalue weighted by Crippen LogP contribution is -2.44. The van der Waals surface area contributed by atoms with Crippen LogP contribution in [-0.2, 0) is 14.8 Å². The lowest BCUT2D eigenvalue weighted by Gasteiger charge is -2.17.